The van der Waals surface area contributed by atoms with E-state index in [0.717, 1.165) is 21.7 Å². The molecule has 0 radical (unpaired) electrons. The molecule has 0 bridgehead atoms. The molecule has 1 nitrogen and oxygen atoms in total. The molecule has 0 aliphatic heterocycles. The second kappa shape index (κ2) is 5.71. The first-order valence-electron chi connectivity index (χ1n) is 6.57. The first kappa shape index (κ1) is 13.4. The predicted molar refractivity (Wildman–Crippen MR) is 76.8 cm³/mol. The molecule has 0 saturated heterocycles. The van der Waals surface area contributed by atoms with Gasteiger partial charge in [-0.3, -0.25) is 4.79 Å². The molecule has 1 aromatic rings. The van der Waals surface area contributed by atoms with E-state index in [1.807, 2.05) is 25.1 Å². The van der Waals surface area contributed by atoms with Crippen LogP contribution in [0.15, 0.2) is 24.3 Å². The molecule has 0 N–H and O–H groups in total. The van der Waals surface area contributed by atoms with Crippen molar-refractivity contribution in [1.29, 1.82) is 0 Å². The molecule has 1 saturated carbocycles. The number of benzene rings is 1. The van der Waals surface area contributed by atoms with Crippen LogP contribution < -0.4 is 0 Å². The fourth-order valence-electron chi connectivity index (χ4n) is 2.54. The molecule has 0 heterocycles. The summed E-state index contributed by atoms with van der Waals surface area (Å²) in [5.41, 5.74) is 2.82. The molecule has 0 aromatic heterocycles. The van der Waals surface area contributed by atoms with Crippen molar-refractivity contribution in [2.24, 2.45) is 5.92 Å². The normalized spacial score (nSPS) is 17.2. The van der Waals surface area contributed by atoms with Crippen molar-refractivity contribution in [2.45, 2.75) is 39.5 Å². The predicted octanol–water partition coefficient (Wildman–Crippen LogP) is 4.81. The lowest BCUT2D eigenvalue weighted by Crippen LogP contribution is -2.00. The Hall–Kier alpha value is -1.08. The van der Waals surface area contributed by atoms with Crippen LogP contribution in [-0.2, 0) is 4.79 Å². The van der Waals surface area contributed by atoms with Crippen LogP contribution in [0.3, 0.4) is 0 Å². The molecule has 0 unspecified atom stereocenters. The Morgan fingerprint density at radius 3 is 2.56 bits per heavy atom. The van der Waals surface area contributed by atoms with Crippen LogP contribution in [0.5, 0.6) is 0 Å². The smallest absolute Gasteiger partial charge is 0.160 e. The first-order valence-corrected chi connectivity index (χ1v) is 6.95. The van der Waals surface area contributed by atoms with Gasteiger partial charge in [-0.25, -0.2) is 0 Å². The minimum absolute atomic E-state index is 0.127. The zero-order chi connectivity index (χ0) is 13.1. The van der Waals surface area contributed by atoms with Gasteiger partial charge in [-0.15, -0.1) is 0 Å². The number of hydrogen-bond acceptors (Lipinski definition) is 1. The van der Waals surface area contributed by atoms with Gasteiger partial charge in [0.2, 0.25) is 0 Å². The van der Waals surface area contributed by atoms with Gasteiger partial charge in [0.05, 0.1) is 0 Å². The Bertz CT molecular complexity index is 482. The molecule has 0 atom stereocenters. The fraction of sp³-hybridized carbons (Fsp3) is 0.438. The zero-order valence-corrected chi connectivity index (χ0v) is 11.8. The lowest BCUT2D eigenvalue weighted by Gasteiger charge is -2.09. The highest BCUT2D eigenvalue weighted by Gasteiger charge is 2.16. The van der Waals surface area contributed by atoms with E-state index >= 15 is 0 Å². The minimum atomic E-state index is 0.127. The Labute approximate surface area is 114 Å². The van der Waals surface area contributed by atoms with Gasteiger partial charge in [0, 0.05) is 10.6 Å². The highest BCUT2D eigenvalue weighted by atomic mass is 35.5. The Balaban J connectivity index is 2.34. The summed E-state index contributed by atoms with van der Waals surface area (Å²) < 4.78 is 0. The molecule has 1 fully saturated rings. The number of rotatable bonds is 3. The van der Waals surface area contributed by atoms with Crippen molar-refractivity contribution in [1.82, 2.24) is 0 Å². The summed E-state index contributed by atoms with van der Waals surface area (Å²) in [6.07, 6.45) is 7.12. The van der Waals surface area contributed by atoms with Crippen molar-refractivity contribution >= 4 is 23.0 Å². The average Bonchev–Trinajstić information content (AvgIpc) is 2.82. The maximum atomic E-state index is 11.8. The average molecular weight is 263 g/mol. The largest absolute Gasteiger partial charge is 0.295 e. The number of ketones is 1. The van der Waals surface area contributed by atoms with E-state index in [1.165, 1.54) is 25.7 Å². The van der Waals surface area contributed by atoms with Gasteiger partial charge in [0.25, 0.3) is 0 Å². The number of carbonyl (C=O) groups is 1. The third-order valence-electron chi connectivity index (χ3n) is 3.66. The molecular formula is C16H19ClO. The fourth-order valence-corrected chi connectivity index (χ4v) is 2.72. The third-order valence-corrected chi connectivity index (χ3v) is 4.07. The van der Waals surface area contributed by atoms with Crippen LogP contribution in [0.1, 0.15) is 43.7 Å². The van der Waals surface area contributed by atoms with Crippen molar-refractivity contribution < 1.29 is 4.79 Å². The van der Waals surface area contributed by atoms with Crippen LogP contribution in [0, 0.1) is 12.8 Å². The third kappa shape index (κ3) is 3.02. The topological polar surface area (TPSA) is 17.1 Å². The van der Waals surface area contributed by atoms with Crippen molar-refractivity contribution in [3.63, 3.8) is 0 Å². The number of halogens is 1. The molecule has 18 heavy (non-hydrogen) atoms. The van der Waals surface area contributed by atoms with Gasteiger partial charge in [-0.05, 0) is 49.8 Å². The molecule has 1 aromatic carbocycles. The van der Waals surface area contributed by atoms with Crippen LogP contribution in [-0.4, -0.2) is 5.78 Å². The van der Waals surface area contributed by atoms with E-state index in [9.17, 15) is 4.79 Å². The Kier molecular flexibility index (Phi) is 4.23. The van der Waals surface area contributed by atoms with Gasteiger partial charge in [0.1, 0.15) is 0 Å². The van der Waals surface area contributed by atoms with Crippen molar-refractivity contribution in [3.8, 4) is 0 Å². The highest BCUT2D eigenvalue weighted by molar-refractivity contribution is 6.32. The quantitative estimate of drug-likeness (QED) is 0.715. The van der Waals surface area contributed by atoms with Crippen LogP contribution in [0.4, 0.5) is 0 Å². The molecule has 1 aliphatic rings. The second-order valence-electron chi connectivity index (χ2n) is 5.15. The molecule has 96 valence electrons. The lowest BCUT2D eigenvalue weighted by atomic mass is 9.96. The maximum Gasteiger partial charge on any atom is 0.160 e. The summed E-state index contributed by atoms with van der Waals surface area (Å²) in [5, 5.41) is 0.728. The van der Waals surface area contributed by atoms with E-state index in [4.69, 9.17) is 11.6 Å². The van der Waals surface area contributed by atoms with E-state index in [0.29, 0.717) is 5.92 Å². The van der Waals surface area contributed by atoms with Gasteiger partial charge < -0.3 is 0 Å². The van der Waals surface area contributed by atoms with Crippen LogP contribution >= 0.6 is 11.6 Å². The lowest BCUT2D eigenvalue weighted by molar-refractivity contribution is -0.111. The number of allylic oxidation sites excluding steroid dienone is 2. The molecule has 0 amide bonds. The van der Waals surface area contributed by atoms with Crippen LogP contribution in [0.25, 0.3) is 5.57 Å². The zero-order valence-electron chi connectivity index (χ0n) is 11.0. The number of Topliss-reactive ketones (excluding diaryl/α,β-unsaturated/α-hetero) is 1. The van der Waals surface area contributed by atoms with E-state index in [1.54, 1.807) is 6.92 Å². The maximum absolute atomic E-state index is 11.8. The van der Waals surface area contributed by atoms with Crippen molar-refractivity contribution in [2.75, 3.05) is 0 Å². The monoisotopic (exact) mass is 262 g/mol. The Morgan fingerprint density at radius 2 is 2.00 bits per heavy atom. The van der Waals surface area contributed by atoms with E-state index < -0.39 is 0 Å². The number of hydrogen-bond donors (Lipinski definition) is 0. The molecule has 1 aliphatic carbocycles. The number of aryl methyl sites for hydroxylation is 1. The van der Waals surface area contributed by atoms with Crippen LogP contribution in [0.2, 0.25) is 5.02 Å². The van der Waals surface area contributed by atoms with Gasteiger partial charge in [-0.2, -0.15) is 0 Å². The number of carbonyl (C=O) groups excluding carboxylic acids is 1. The standard InChI is InChI=1S/C16H19ClO/c1-11-7-8-14(10-16(11)17)15(12(2)18)9-13-5-3-4-6-13/h7-10,13H,3-6H2,1-2H3/b15-9+. The molecule has 2 heteroatoms. The summed E-state index contributed by atoms with van der Waals surface area (Å²) in [5.74, 6) is 0.686. The first-order chi connectivity index (χ1) is 8.58. The van der Waals surface area contributed by atoms with Gasteiger partial charge in [-0.1, -0.05) is 42.7 Å². The summed E-state index contributed by atoms with van der Waals surface area (Å²) in [6.45, 7) is 3.61. The Morgan fingerprint density at radius 1 is 1.33 bits per heavy atom. The molecule has 0 spiro atoms. The van der Waals surface area contributed by atoms with Gasteiger partial charge in [0.15, 0.2) is 5.78 Å². The molecular weight excluding hydrogens is 244 g/mol. The van der Waals surface area contributed by atoms with Crippen molar-refractivity contribution in [3.05, 3.63) is 40.4 Å². The van der Waals surface area contributed by atoms with E-state index in [2.05, 4.69) is 6.08 Å². The summed E-state index contributed by atoms with van der Waals surface area (Å²) in [7, 11) is 0. The van der Waals surface area contributed by atoms with Gasteiger partial charge >= 0.3 is 0 Å². The SMILES string of the molecule is CC(=O)/C(=C\C1CCCC1)c1ccc(C)c(Cl)c1. The second-order valence-corrected chi connectivity index (χ2v) is 5.55. The molecule has 2 rings (SSSR count). The summed E-state index contributed by atoms with van der Waals surface area (Å²) in [6, 6.07) is 5.87. The minimum Gasteiger partial charge on any atom is -0.295 e. The van der Waals surface area contributed by atoms with E-state index in [-0.39, 0.29) is 5.78 Å². The highest BCUT2D eigenvalue weighted by Crippen LogP contribution is 2.30. The summed E-state index contributed by atoms with van der Waals surface area (Å²) >= 11 is 6.14. The summed E-state index contributed by atoms with van der Waals surface area (Å²) in [4.78, 5) is 11.8.